The molecule has 0 aliphatic heterocycles. The molecule has 0 amide bonds. The molecule has 2 rings (SSSR count). The number of hydrogen-bond acceptors (Lipinski definition) is 4. The van der Waals surface area contributed by atoms with E-state index >= 15 is 0 Å². The highest BCUT2D eigenvalue weighted by molar-refractivity contribution is 9.10. The number of halogens is 1. The summed E-state index contributed by atoms with van der Waals surface area (Å²) in [7, 11) is 0. The summed E-state index contributed by atoms with van der Waals surface area (Å²) in [6.45, 7) is 2.79. The van der Waals surface area contributed by atoms with Gasteiger partial charge in [-0.25, -0.2) is 0 Å². The molecule has 1 N–H and O–H groups in total. The van der Waals surface area contributed by atoms with Gasteiger partial charge in [-0.15, -0.1) is 11.3 Å². The van der Waals surface area contributed by atoms with Gasteiger partial charge in [-0.05, 0) is 34.5 Å². The van der Waals surface area contributed by atoms with Crippen molar-refractivity contribution in [1.82, 2.24) is 5.32 Å². The number of benzene rings is 1. The van der Waals surface area contributed by atoms with Crippen molar-refractivity contribution < 1.29 is 4.92 Å². The number of nitro benzene ring substituents is 1. The molecule has 4 nitrogen and oxygen atoms in total. The van der Waals surface area contributed by atoms with E-state index < -0.39 is 0 Å². The molecule has 1 unspecified atom stereocenters. The Hall–Kier alpha value is -1.24. The Morgan fingerprint density at radius 3 is 2.63 bits per heavy atom. The van der Waals surface area contributed by atoms with Crippen molar-refractivity contribution in [2.45, 2.75) is 19.5 Å². The summed E-state index contributed by atoms with van der Waals surface area (Å²) in [6.07, 6.45) is 0. The van der Waals surface area contributed by atoms with Crippen LogP contribution >= 0.6 is 27.3 Å². The van der Waals surface area contributed by atoms with Crippen LogP contribution in [0, 0.1) is 10.1 Å². The van der Waals surface area contributed by atoms with Crippen molar-refractivity contribution in [2.24, 2.45) is 0 Å². The molecule has 2 aromatic rings. The lowest BCUT2D eigenvalue weighted by molar-refractivity contribution is -0.384. The first kappa shape index (κ1) is 14.2. The SMILES string of the molecule is CC(NCc1ccc([N+](=O)[O-])cc1)c1cc(Br)cs1. The highest BCUT2D eigenvalue weighted by Crippen LogP contribution is 2.25. The molecule has 6 heteroatoms. The highest BCUT2D eigenvalue weighted by Gasteiger charge is 2.08. The first-order chi connectivity index (χ1) is 9.06. The van der Waals surface area contributed by atoms with Gasteiger partial charge in [-0.3, -0.25) is 10.1 Å². The summed E-state index contributed by atoms with van der Waals surface area (Å²) in [5, 5.41) is 16.0. The molecule has 0 saturated heterocycles. The van der Waals surface area contributed by atoms with Gasteiger partial charge in [0.15, 0.2) is 0 Å². The smallest absolute Gasteiger partial charge is 0.269 e. The fourth-order valence-electron chi connectivity index (χ4n) is 1.66. The van der Waals surface area contributed by atoms with Gasteiger partial charge in [0.2, 0.25) is 0 Å². The number of nitro groups is 1. The number of hydrogen-bond donors (Lipinski definition) is 1. The molecule has 1 aromatic heterocycles. The molecule has 100 valence electrons. The molecule has 19 heavy (non-hydrogen) atoms. The fraction of sp³-hybridized carbons (Fsp3) is 0.231. The van der Waals surface area contributed by atoms with Gasteiger partial charge < -0.3 is 5.32 Å². The van der Waals surface area contributed by atoms with Crippen molar-refractivity contribution in [3.05, 3.63) is 60.7 Å². The average Bonchev–Trinajstić information content (AvgIpc) is 2.83. The summed E-state index contributed by atoms with van der Waals surface area (Å²) in [6, 6.07) is 8.97. The number of rotatable bonds is 5. The Morgan fingerprint density at radius 1 is 1.42 bits per heavy atom. The summed E-state index contributed by atoms with van der Waals surface area (Å²) in [5.74, 6) is 0. The van der Waals surface area contributed by atoms with Crippen molar-refractivity contribution in [2.75, 3.05) is 0 Å². The van der Waals surface area contributed by atoms with E-state index in [1.165, 1.54) is 17.0 Å². The molecule has 0 spiro atoms. The third-order valence-electron chi connectivity index (χ3n) is 2.77. The Balaban J connectivity index is 1.93. The number of nitrogens with zero attached hydrogens (tertiary/aromatic N) is 1. The molecule has 0 saturated carbocycles. The quantitative estimate of drug-likeness (QED) is 0.653. The van der Waals surface area contributed by atoms with Gasteiger partial charge in [-0.2, -0.15) is 0 Å². The van der Waals surface area contributed by atoms with E-state index in [1.54, 1.807) is 23.5 Å². The summed E-state index contributed by atoms with van der Waals surface area (Å²) in [4.78, 5) is 11.4. The van der Waals surface area contributed by atoms with Gasteiger partial charge in [0.05, 0.1) is 4.92 Å². The minimum atomic E-state index is -0.386. The minimum Gasteiger partial charge on any atom is -0.305 e. The zero-order valence-corrected chi connectivity index (χ0v) is 12.7. The normalized spacial score (nSPS) is 12.3. The van der Waals surface area contributed by atoms with Crippen LogP contribution in [0.4, 0.5) is 5.69 Å². The molecule has 0 aliphatic rings. The van der Waals surface area contributed by atoms with E-state index in [2.05, 4.69) is 39.6 Å². The molecular weight excluding hydrogens is 328 g/mol. The van der Waals surface area contributed by atoms with Crippen LogP contribution in [0.3, 0.4) is 0 Å². The van der Waals surface area contributed by atoms with E-state index in [0.29, 0.717) is 6.54 Å². The number of non-ortho nitro benzene ring substituents is 1. The van der Waals surface area contributed by atoms with Crippen LogP contribution in [0.2, 0.25) is 0 Å². The lowest BCUT2D eigenvalue weighted by Crippen LogP contribution is -2.17. The van der Waals surface area contributed by atoms with E-state index in [4.69, 9.17) is 0 Å². The monoisotopic (exact) mass is 340 g/mol. The molecule has 0 fully saturated rings. The zero-order valence-electron chi connectivity index (χ0n) is 10.3. The second kappa shape index (κ2) is 6.27. The van der Waals surface area contributed by atoms with Gasteiger partial charge in [0, 0.05) is 39.4 Å². The standard InChI is InChI=1S/C13H13BrN2O2S/c1-9(13-6-11(14)8-19-13)15-7-10-2-4-12(5-3-10)16(17)18/h2-6,8-9,15H,7H2,1H3. The molecular formula is C13H13BrN2O2S. The second-order valence-electron chi connectivity index (χ2n) is 4.19. The van der Waals surface area contributed by atoms with E-state index in [-0.39, 0.29) is 16.7 Å². The van der Waals surface area contributed by atoms with Crippen LogP contribution < -0.4 is 5.32 Å². The maximum atomic E-state index is 10.6. The van der Waals surface area contributed by atoms with Gasteiger partial charge in [0.25, 0.3) is 5.69 Å². The molecule has 0 radical (unpaired) electrons. The van der Waals surface area contributed by atoms with E-state index in [1.807, 2.05) is 0 Å². The maximum absolute atomic E-state index is 10.6. The van der Waals surface area contributed by atoms with Gasteiger partial charge in [-0.1, -0.05) is 12.1 Å². The van der Waals surface area contributed by atoms with Crippen LogP contribution in [0.5, 0.6) is 0 Å². The second-order valence-corrected chi connectivity index (χ2v) is 6.05. The third kappa shape index (κ3) is 3.86. The average molecular weight is 341 g/mol. The number of thiophene rings is 1. The number of nitrogens with one attached hydrogen (secondary N) is 1. The topological polar surface area (TPSA) is 55.2 Å². The van der Waals surface area contributed by atoms with Crippen LogP contribution in [0.1, 0.15) is 23.4 Å². The van der Waals surface area contributed by atoms with Crippen LogP contribution in [-0.2, 0) is 6.54 Å². The predicted octanol–water partition coefficient (Wildman–Crippen LogP) is 4.27. The molecule has 1 aromatic carbocycles. The third-order valence-corrected chi connectivity index (χ3v) is 4.65. The Labute approximate surface area is 123 Å². The summed E-state index contributed by atoms with van der Waals surface area (Å²) >= 11 is 5.14. The zero-order chi connectivity index (χ0) is 13.8. The Kier molecular flexibility index (Phi) is 4.68. The molecule has 0 aliphatic carbocycles. The summed E-state index contributed by atoms with van der Waals surface area (Å²) in [5.41, 5.74) is 1.16. The lowest BCUT2D eigenvalue weighted by Gasteiger charge is -2.11. The van der Waals surface area contributed by atoms with Crippen molar-refractivity contribution >= 4 is 33.0 Å². The van der Waals surface area contributed by atoms with Crippen molar-refractivity contribution in [3.8, 4) is 0 Å². The molecule has 1 atom stereocenters. The molecule has 0 bridgehead atoms. The van der Waals surface area contributed by atoms with Crippen LogP contribution in [-0.4, -0.2) is 4.92 Å². The highest BCUT2D eigenvalue weighted by atomic mass is 79.9. The van der Waals surface area contributed by atoms with Crippen LogP contribution in [0.15, 0.2) is 40.2 Å². The molecule has 1 heterocycles. The fourth-order valence-corrected chi connectivity index (χ4v) is 3.14. The summed E-state index contributed by atoms with van der Waals surface area (Å²) < 4.78 is 1.09. The van der Waals surface area contributed by atoms with Crippen LogP contribution in [0.25, 0.3) is 0 Å². The predicted molar refractivity (Wildman–Crippen MR) is 80.4 cm³/mol. The Bertz CT molecular complexity index is 568. The lowest BCUT2D eigenvalue weighted by atomic mass is 10.2. The van der Waals surface area contributed by atoms with E-state index in [0.717, 1.165) is 10.0 Å². The largest absolute Gasteiger partial charge is 0.305 e. The van der Waals surface area contributed by atoms with Crippen molar-refractivity contribution in [3.63, 3.8) is 0 Å². The minimum absolute atomic E-state index is 0.124. The Morgan fingerprint density at radius 2 is 2.11 bits per heavy atom. The van der Waals surface area contributed by atoms with Gasteiger partial charge >= 0.3 is 0 Å². The first-order valence-electron chi connectivity index (χ1n) is 5.77. The maximum Gasteiger partial charge on any atom is 0.269 e. The van der Waals surface area contributed by atoms with E-state index in [9.17, 15) is 10.1 Å². The first-order valence-corrected chi connectivity index (χ1v) is 7.44. The van der Waals surface area contributed by atoms with Gasteiger partial charge in [0.1, 0.15) is 0 Å². The van der Waals surface area contributed by atoms with Crippen molar-refractivity contribution in [1.29, 1.82) is 0 Å².